The SMILES string of the molecule is CC(C)(C)OC(=O)N1CCC2/C(=C\B3OC(C)(C)C(C)(C)O3)CC21. The Kier molecular flexibility index (Phi) is 4.08. The van der Waals surface area contributed by atoms with Gasteiger partial charge in [-0.2, -0.15) is 0 Å². The summed E-state index contributed by atoms with van der Waals surface area (Å²) in [6.07, 6.45) is 1.70. The van der Waals surface area contributed by atoms with Crippen LogP contribution in [-0.2, 0) is 14.0 Å². The molecule has 0 N–H and O–H groups in total. The minimum absolute atomic E-state index is 0.190. The molecule has 2 saturated heterocycles. The predicted octanol–water partition coefficient (Wildman–Crippen LogP) is 3.57. The lowest BCUT2D eigenvalue weighted by Crippen LogP contribution is -2.46. The van der Waals surface area contributed by atoms with E-state index in [1.54, 1.807) is 0 Å². The van der Waals surface area contributed by atoms with E-state index in [-0.39, 0.29) is 30.5 Å². The van der Waals surface area contributed by atoms with Crippen molar-refractivity contribution < 1.29 is 18.8 Å². The van der Waals surface area contributed by atoms with Crippen molar-refractivity contribution in [1.82, 2.24) is 4.90 Å². The first-order valence-corrected chi connectivity index (χ1v) is 8.95. The van der Waals surface area contributed by atoms with Crippen LogP contribution in [0.1, 0.15) is 61.3 Å². The summed E-state index contributed by atoms with van der Waals surface area (Å²) in [6, 6.07) is 0.272. The summed E-state index contributed by atoms with van der Waals surface area (Å²) < 4.78 is 17.6. The molecule has 3 rings (SSSR count). The molecule has 0 aromatic carbocycles. The normalized spacial score (nSPS) is 32.7. The largest absolute Gasteiger partial charge is 0.487 e. The van der Waals surface area contributed by atoms with Crippen molar-refractivity contribution in [2.24, 2.45) is 5.92 Å². The average Bonchev–Trinajstić information content (AvgIpc) is 2.79. The minimum atomic E-state index is -0.444. The van der Waals surface area contributed by atoms with Crippen LogP contribution in [0, 0.1) is 5.92 Å². The van der Waals surface area contributed by atoms with E-state index in [2.05, 4.69) is 33.7 Å². The molecule has 1 aliphatic carbocycles. The van der Waals surface area contributed by atoms with Crippen molar-refractivity contribution in [1.29, 1.82) is 0 Å². The Bertz CT molecular complexity index is 548. The fourth-order valence-corrected chi connectivity index (χ4v) is 3.64. The monoisotopic (exact) mass is 335 g/mol. The van der Waals surface area contributed by atoms with Crippen LogP contribution >= 0.6 is 0 Å². The number of nitrogens with zero attached hydrogens (tertiary/aromatic N) is 1. The van der Waals surface area contributed by atoms with Gasteiger partial charge in [-0.3, -0.25) is 0 Å². The molecule has 0 aromatic rings. The lowest BCUT2D eigenvalue weighted by atomic mass is 9.69. The molecule has 0 spiro atoms. The fourth-order valence-electron chi connectivity index (χ4n) is 3.64. The molecular formula is C18H30BNO4. The van der Waals surface area contributed by atoms with E-state index in [0.717, 1.165) is 19.4 Å². The van der Waals surface area contributed by atoms with E-state index >= 15 is 0 Å². The first kappa shape index (κ1) is 17.8. The van der Waals surface area contributed by atoms with Crippen LogP contribution in [-0.4, -0.2) is 47.5 Å². The highest BCUT2D eigenvalue weighted by Crippen LogP contribution is 2.46. The van der Waals surface area contributed by atoms with Gasteiger partial charge < -0.3 is 18.9 Å². The lowest BCUT2D eigenvalue weighted by Gasteiger charge is -2.39. The summed E-state index contributed by atoms with van der Waals surface area (Å²) in [5.74, 6) is 2.55. The van der Waals surface area contributed by atoms with Crippen molar-refractivity contribution in [2.75, 3.05) is 6.54 Å². The van der Waals surface area contributed by atoms with Crippen LogP contribution in [0.2, 0.25) is 0 Å². The maximum Gasteiger partial charge on any atom is 0.487 e. The second-order valence-corrected chi connectivity index (χ2v) is 9.21. The molecule has 24 heavy (non-hydrogen) atoms. The third-order valence-electron chi connectivity index (χ3n) is 5.72. The number of amides is 1. The highest BCUT2D eigenvalue weighted by molar-refractivity contribution is 6.51. The van der Waals surface area contributed by atoms with Crippen LogP contribution in [0.25, 0.3) is 0 Å². The second kappa shape index (κ2) is 5.50. The summed E-state index contributed by atoms with van der Waals surface area (Å²) >= 11 is 0. The van der Waals surface area contributed by atoms with Gasteiger partial charge in [-0.1, -0.05) is 11.5 Å². The smallest absolute Gasteiger partial charge is 0.444 e. The Morgan fingerprint density at radius 2 is 1.83 bits per heavy atom. The molecule has 6 heteroatoms. The van der Waals surface area contributed by atoms with Crippen LogP contribution in [0.3, 0.4) is 0 Å². The number of likely N-dealkylation sites (tertiary alicyclic amines) is 1. The van der Waals surface area contributed by atoms with Crippen LogP contribution in [0.5, 0.6) is 0 Å². The molecule has 3 aliphatic rings. The highest BCUT2D eigenvalue weighted by Gasteiger charge is 2.52. The zero-order valence-corrected chi connectivity index (χ0v) is 16.0. The summed E-state index contributed by atoms with van der Waals surface area (Å²) in [5, 5.41) is 0. The van der Waals surface area contributed by atoms with Gasteiger partial charge in [-0.25, -0.2) is 4.79 Å². The standard InChI is InChI=1S/C18H30BNO4/c1-16(2,3)22-15(21)20-9-8-13-12(10-14(13)20)11-19-23-17(4,5)18(6,7)24-19/h11,13-14H,8-10H2,1-7H3/b12-11-. The Labute approximate surface area is 145 Å². The van der Waals surface area contributed by atoms with Crippen molar-refractivity contribution in [3.05, 3.63) is 11.5 Å². The van der Waals surface area contributed by atoms with Gasteiger partial charge in [0.15, 0.2) is 0 Å². The number of fused-ring (bicyclic) bond motifs is 1. The maximum absolute atomic E-state index is 12.3. The van der Waals surface area contributed by atoms with Gasteiger partial charge in [0.2, 0.25) is 0 Å². The van der Waals surface area contributed by atoms with Crippen LogP contribution < -0.4 is 0 Å². The van der Waals surface area contributed by atoms with E-state index in [9.17, 15) is 4.79 Å². The number of hydrogen-bond acceptors (Lipinski definition) is 4. The van der Waals surface area contributed by atoms with Crippen molar-refractivity contribution in [3.63, 3.8) is 0 Å². The molecule has 2 unspecified atom stereocenters. The molecule has 5 nitrogen and oxygen atoms in total. The molecular weight excluding hydrogens is 305 g/mol. The molecule has 2 heterocycles. The summed E-state index contributed by atoms with van der Waals surface area (Å²) in [6.45, 7) is 14.7. The zero-order valence-electron chi connectivity index (χ0n) is 16.0. The number of carbonyl (C=O) groups is 1. The van der Waals surface area contributed by atoms with Crippen LogP contribution in [0.4, 0.5) is 4.79 Å². The van der Waals surface area contributed by atoms with E-state index in [1.165, 1.54) is 5.57 Å². The van der Waals surface area contributed by atoms with Gasteiger partial charge in [0.05, 0.1) is 11.2 Å². The van der Waals surface area contributed by atoms with Crippen molar-refractivity contribution in [3.8, 4) is 0 Å². The predicted molar refractivity (Wildman–Crippen MR) is 93.6 cm³/mol. The first-order chi connectivity index (χ1) is 10.9. The minimum Gasteiger partial charge on any atom is -0.444 e. The Balaban J connectivity index is 1.61. The molecule has 3 fully saturated rings. The zero-order chi connectivity index (χ0) is 17.9. The lowest BCUT2D eigenvalue weighted by molar-refractivity contribution is 0.00578. The number of ether oxygens (including phenoxy) is 1. The molecule has 0 aromatic heterocycles. The van der Waals surface area contributed by atoms with E-state index < -0.39 is 5.60 Å². The van der Waals surface area contributed by atoms with Crippen molar-refractivity contribution >= 4 is 13.2 Å². The molecule has 2 atom stereocenters. The summed E-state index contributed by atoms with van der Waals surface area (Å²) in [5.41, 5.74) is 0.288. The number of carbonyl (C=O) groups excluding carboxylic acids is 1. The summed E-state index contributed by atoms with van der Waals surface area (Å²) in [7, 11) is -0.290. The Morgan fingerprint density at radius 1 is 1.25 bits per heavy atom. The fraction of sp³-hybridized carbons (Fsp3) is 0.833. The molecule has 1 saturated carbocycles. The number of hydrogen-bond donors (Lipinski definition) is 0. The topological polar surface area (TPSA) is 48.0 Å². The second-order valence-electron chi connectivity index (χ2n) is 9.21. The Morgan fingerprint density at radius 3 is 2.38 bits per heavy atom. The van der Waals surface area contributed by atoms with E-state index in [0.29, 0.717) is 5.92 Å². The quantitative estimate of drug-likeness (QED) is 0.687. The van der Waals surface area contributed by atoms with Gasteiger partial charge in [-0.05, 0) is 61.3 Å². The highest BCUT2D eigenvalue weighted by atomic mass is 16.7. The third kappa shape index (κ3) is 3.10. The average molecular weight is 335 g/mol. The summed E-state index contributed by atoms with van der Waals surface area (Å²) in [4.78, 5) is 14.2. The molecule has 1 amide bonds. The van der Waals surface area contributed by atoms with Gasteiger partial charge in [0, 0.05) is 18.5 Å². The number of rotatable bonds is 1. The Hall–Kier alpha value is -1.01. The van der Waals surface area contributed by atoms with Gasteiger partial charge in [0.25, 0.3) is 0 Å². The first-order valence-electron chi connectivity index (χ1n) is 8.95. The van der Waals surface area contributed by atoms with Crippen molar-refractivity contribution in [2.45, 2.75) is 84.2 Å². The van der Waals surface area contributed by atoms with Gasteiger partial charge in [0.1, 0.15) is 5.60 Å². The van der Waals surface area contributed by atoms with E-state index in [4.69, 9.17) is 14.0 Å². The molecule has 134 valence electrons. The maximum atomic E-state index is 12.3. The third-order valence-corrected chi connectivity index (χ3v) is 5.72. The van der Waals surface area contributed by atoms with Crippen LogP contribution in [0.15, 0.2) is 11.5 Å². The van der Waals surface area contributed by atoms with Gasteiger partial charge in [-0.15, -0.1) is 0 Å². The van der Waals surface area contributed by atoms with Gasteiger partial charge >= 0.3 is 13.2 Å². The molecule has 0 bridgehead atoms. The van der Waals surface area contributed by atoms with E-state index in [1.807, 2.05) is 25.7 Å². The molecule has 0 radical (unpaired) electrons. The molecule has 2 aliphatic heterocycles.